The van der Waals surface area contributed by atoms with Crippen molar-refractivity contribution in [3.05, 3.63) is 70.9 Å². The lowest BCUT2D eigenvalue weighted by Crippen LogP contribution is -2.31. The predicted molar refractivity (Wildman–Crippen MR) is 127 cm³/mol. The number of aromatic nitrogens is 1. The normalized spacial score (nSPS) is 15.6. The van der Waals surface area contributed by atoms with Crippen LogP contribution in [0.2, 0.25) is 0 Å². The van der Waals surface area contributed by atoms with Gasteiger partial charge < -0.3 is 10.1 Å². The van der Waals surface area contributed by atoms with Crippen LogP contribution in [0.5, 0.6) is 0 Å². The summed E-state index contributed by atoms with van der Waals surface area (Å²) in [5.74, 6) is -2.92. The number of pyridine rings is 1. The zero-order chi connectivity index (χ0) is 24.5. The molecule has 1 N–H and O–H groups in total. The number of hydrogen-bond acceptors (Lipinski definition) is 4. The Morgan fingerprint density at radius 2 is 1.91 bits per heavy atom. The number of nitrogens with zero attached hydrogens (tertiary/aromatic N) is 1. The molecule has 34 heavy (non-hydrogen) atoms. The van der Waals surface area contributed by atoms with Crippen molar-refractivity contribution in [3.8, 4) is 0 Å². The molecule has 1 aliphatic rings. The molecule has 0 bridgehead atoms. The highest BCUT2D eigenvalue weighted by Crippen LogP contribution is 2.41. The van der Waals surface area contributed by atoms with Gasteiger partial charge in [-0.25, -0.2) is 13.6 Å². The van der Waals surface area contributed by atoms with E-state index in [4.69, 9.17) is 9.72 Å². The van der Waals surface area contributed by atoms with Crippen molar-refractivity contribution in [2.75, 3.05) is 11.9 Å². The van der Waals surface area contributed by atoms with E-state index in [1.54, 1.807) is 0 Å². The number of amides is 1. The van der Waals surface area contributed by atoms with Crippen LogP contribution in [0.25, 0.3) is 10.9 Å². The first-order valence-electron chi connectivity index (χ1n) is 11.5. The predicted octanol–water partition coefficient (Wildman–Crippen LogP) is 5.85. The number of halogens is 2. The molecule has 1 atom stereocenters. The number of carbonyl (C=O) groups is 2. The van der Waals surface area contributed by atoms with E-state index >= 15 is 0 Å². The Morgan fingerprint density at radius 3 is 2.65 bits per heavy atom. The van der Waals surface area contributed by atoms with Crippen molar-refractivity contribution in [2.45, 2.75) is 46.5 Å². The molecule has 2 aromatic carbocycles. The van der Waals surface area contributed by atoms with Crippen molar-refractivity contribution < 1.29 is 23.1 Å². The SMILES string of the molecule is CCC(C)(C)C1CCc2nc3ccccc3c(C(=O)OCC(=O)Nc3ccc(F)c(F)c3)c2C1. The zero-order valence-corrected chi connectivity index (χ0v) is 19.6. The molecule has 0 saturated carbocycles. The standard InChI is InChI=1S/C27H28F2N2O3/c1-4-27(2,3)16-9-12-23-19(13-16)25(18-7-5-6-8-22(18)31-23)26(33)34-15-24(32)30-17-10-11-20(28)21(29)14-17/h5-8,10-11,14,16H,4,9,12-13,15H2,1-3H3,(H,30,32). The van der Waals surface area contributed by atoms with Crippen LogP contribution in [0.15, 0.2) is 42.5 Å². The van der Waals surface area contributed by atoms with E-state index in [2.05, 4.69) is 26.1 Å². The van der Waals surface area contributed by atoms with Gasteiger partial charge in [0.25, 0.3) is 5.91 Å². The van der Waals surface area contributed by atoms with Gasteiger partial charge in [0.05, 0.1) is 11.1 Å². The molecule has 7 heteroatoms. The maximum absolute atomic E-state index is 13.4. The summed E-state index contributed by atoms with van der Waals surface area (Å²) in [4.78, 5) is 30.4. The van der Waals surface area contributed by atoms with Gasteiger partial charge >= 0.3 is 5.97 Å². The van der Waals surface area contributed by atoms with Gasteiger partial charge in [-0.15, -0.1) is 0 Å². The molecule has 5 nitrogen and oxygen atoms in total. The molecular weight excluding hydrogens is 438 g/mol. The minimum Gasteiger partial charge on any atom is -0.452 e. The van der Waals surface area contributed by atoms with Crippen molar-refractivity contribution in [1.82, 2.24) is 4.98 Å². The lowest BCUT2D eigenvalue weighted by molar-refractivity contribution is -0.119. The fourth-order valence-electron chi connectivity index (χ4n) is 4.55. The summed E-state index contributed by atoms with van der Waals surface area (Å²) >= 11 is 0. The van der Waals surface area contributed by atoms with E-state index in [0.717, 1.165) is 49.1 Å². The van der Waals surface area contributed by atoms with Crippen LogP contribution < -0.4 is 5.32 Å². The molecule has 0 saturated heterocycles. The molecule has 1 amide bonds. The largest absolute Gasteiger partial charge is 0.452 e. The second-order valence-electron chi connectivity index (χ2n) is 9.46. The highest BCUT2D eigenvalue weighted by atomic mass is 19.2. The fourth-order valence-corrected chi connectivity index (χ4v) is 4.55. The molecule has 1 heterocycles. The van der Waals surface area contributed by atoms with Crippen molar-refractivity contribution >= 4 is 28.5 Å². The number of anilines is 1. The minimum absolute atomic E-state index is 0.0799. The Bertz CT molecular complexity index is 1260. The number of carbonyl (C=O) groups excluding carboxylic acids is 2. The number of esters is 1. The molecule has 0 aliphatic heterocycles. The second-order valence-corrected chi connectivity index (χ2v) is 9.46. The summed E-state index contributed by atoms with van der Waals surface area (Å²) < 4.78 is 31.9. The summed E-state index contributed by atoms with van der Waals surface area (Å²) in [5, 5.41) is 3.11. The molecule has 178 valence electrons. The van der Waals surface area contributed by atoms with E-state index in [1.807, 2.05) is 24.3 Å². The van der Waals surface area contributed by atoms with Gasteiger partial charge in [-0.2, -0.15) is 0 Å². The van der Waals surface area contributed by atoms with Crippen molar-refractivity contribution in [2.24, 2.45) is 11.3 Å². The topological polar surface area (TPSA) is 68.3 Å². The molecule has 1 unspecified atom stereocenters. The van der Waals surface area contributed by atoms with Crippen LogP contribution in [0.4, 0.5) is 14.5 Å². The van der Waals surface area contributed by atoms with Crippen molar-refractivity contribution in [3.63, 3.8) is 0 Å². The number of benzene rings is 2. The monoisotopic (exact) mass is 466 g/mol. The molecular formula is C27H28F2N2O3. The van der Waals surface area contributed by atoms with Crippen LogP contribution in [0.3, 0.4) is 0 Å². The lowest BCUT2D eigenvalue weighted by Gasteiger charge is -2.37. The van der Waals surface area contributed by atoms with Crippen LogP contribution in [-0.2, 0) is 22.4 Å². The molecule has 0 radical (unpaired) electrons. The molecule has 3 aromatic rings. The Hall–Kier alpha value is -3.35. The Morgan fingerprint density at radius 1 is 1.15 bits per heavy atom. The molecule has 0 spiro atoms. The Labute approximate surface area is 197 Å². The fraction of sp³-hybridized carbons (Fsp3) is 0.370. The third-order valence-corrected chi connectivity index (χ3v) is 7.02. The maximum Gasteiger partial charge on any atom is 0.339 e. The van der Waals surface area contributed by atoms with E-state index in [1.165, 1.54) is 6.07 Å². The molecule has 0 fully saturated rings. The number of ether oxygens (including phenoxy) is 1. The average Bonchev–Trinajstić information content (AvgIpc) is 2.83. The number of fused-ring (bicyclic) bond motifs is 2. The number of aryl methyl sites for hydroxylation is 1. The zero-order valence-electron chi connectivity index (χ0n) is 19.6. The summed E-state index contributed by atoms with van der Waals surface area (Å²) in [7, 11) is 0. The van der Waals surface area contributed by atoms with E-state index < -0.39 is 30.1 Å². The maximum atomic E-state index is 13.4. The number of hydrogen-bond donors (Lipinski definition) is 1. The third-order valence-electron chi connectivity index (χ3n) is 7.02. The summed E-state index contributed by atoms with van der Waals surface area (Å²) in [5.41, 5.74) is 3.17. The molecule has 4 rings (SSSR count). The first kappa shape index (κ1) is 23.8. The second kappa shape index (κ2) is 9.49. The molecule has 1 aromatic heterocycles. The van der Waals surface area contributed by atoms with E-state index in [9.17, 15) is 18.4 Å². The van der Waals surface area contributed by atoms with Gasteiger partial charge in [0.1, 0.15) is 0 Å². The lowest BCUT2D eigenvalue weighted by atomic mass is 9.68. The van der Waals surface area contributed by atoms with Gasteiger partial charge in [-0.3, -0.25) is 9.78 Å². The van der Waals surface area contributed by atoms with Crippen molar-refractivity contribution in [1.29, 1.82) is 0 Å². The van der Waals surface area contributed by atoms with Crippen LogP contribution >= 0.6 is 0 Å². The first-order valence-corrected chi connectivity index (χ1v) is 11.5. The van der Waals surface area contributed by atoms with Crippen LogP contribution in [-0.4, -0.2) is 23.5 Å². The first-order chi connectivity index (χ1) is 16.2. The van der Waals surface area contributed by atoms with Crippen LogP contribution in [0.1, 0.15) is 55.2 Å². The Balaban J connectivity index is 1.59. The smallest absolute Gasteiger partial charge is 0.339 e. The minimum atomic E-state index is -1.07. The van der Waals surface area contributed by atoms with E-state index in [0.29, 0.717) is 22.4 Å². The number of nitrogens with one attached hydrogen (secondary N) is 1. The van der Waals surface area contributed by atoms with Crippen LogP contribution in [0, 0.1) is 23.0 Å². The summed E-state index contributed by atoms with van der Waals surface area (Å²) in [6, 6.07) is 10.5. The van der Waals surface area contributed by atoms with Gasteiger partial charge in [0.15, 0.2) is 18.2 Å². The summed E-state index contributed by atoms with van der Waals surface area (Å²) in [6.45, 7) is 6.12. The highest BCUT2D eigenvalue weighted by Gasteiger charge is 2.34. The van der Waals surface area contributed by atoms with Gasteiger partial charge in [-0.05, 0) is 54.4 Å². The summed E-state index contributed by atoms with van der Waals surface area (Å²) in [6.07, 6.45) is 3.53. The third kappa shape index (κ3) is 4.79. The average molecular weight is 467 g/mol. The van der Waals surface area contributed by atoms with Gasteiger partial charge in [0, 0.05) is 22.8 Å². The van der Waals surface area contributed by atoms with Gasteiger partial charge in [0.2, 0.25) is 0 Å². The molecule has 1 aliphatic carbocycles. The van der Waals surface area contributed by atoms with E-state index in [-0.39, 0.29) is 11.1 Å². The Kier molecular flexibility index (Phi) is 6.64. The highest BCUT2D eigenvalue weighted by molar-refractivity contribution is 6.06. The number of rotatable bonds is 6. The van der Waals surface area contributed by atoms with Gasteiger partial charge in [-0.1, -0.05) is 45.4 Å². The quantitative estimate of drug-likeness (QED) is 0.463. The number of para-hydroxylation sites is 1.